The summed E-state index contributed by atoms with van der Waals surface area (Å²) in [5.41, 5.74) is 11.3. The third-order valence-corrected chi connectivity index (χ3v) is 7.45. The van der Waals surface area contributed by atoms with Crippen LogP contribution in [0.15, 0.2) is 75.7 Å². The molecule has 4 rings (SSSR count). The molecule has 8 heteroatoms. The number of amides is 1. The second-order valence-electron chi connectivity index (χ2n) is 9.65. The number of allylic oxidation sites excluding steroid dienone is 3. The number of likely N-dealkylation sites (tertiary alicyclic amines) is 1. The van der Waals surface area contributed by atoms with E-state index in [-0.39, 0.29) is 24.0 Å². The number of halogens is 1. The molecule has 1 aromatic carbocycles. The summed E-state index contributed by atoms with van der Waals surface area (Å²) in [7, 11) is 0. The highest BCUT2D eigenvalue weighted by molar-refractivity contribution is 9.11. The van der Waals surface area contributed by atoms with E-state index in [1.807, 2.05) is 61.3 Å². The van der Waals surface area contributed by atoms with Crippen LogP contribution >= 0.6 is 15.9 Å². The maximum absolute atomic E-state index is 13.6. The summed E-state index contributed by atoms with van der Waals surface area (Å²) in [6.45, 7) is 6.18. The molecule has 3 N–H and O–H groups in total. The molecule has 2 aromatic rings. The topological polar surface area (TPSA) is 101 Å². The summed E-state index contributed by atoms with van der Waals surface area (Å²) in [5, 5.41) is 3.45. The minimum atomic E-state index is -0.398. The maximum Gasteiger partial charge on any atom is 0.230 e. The molecule has 2 aliphatic rings. The van der Waals surface area contributed by atoms with E-state index >= 15 is 0 Å². The predicted octanol–water partition coefficient (Wildman–Crippen LogP) is 4.71. The first-order valence-corrected chi connectivity index (χ1v) is 13.5. The van der Waals surface area contributed by atoms with Gasteiger partial charge in [-0.15, -0.1) is 0 Å². The van der Waals surface area contributed by atoms with Crippen LogP contribution in [-0.2, 0) is 11.3 Å². The van der Waals surface area contributed by atoms with Gasteiger partial charge < -0.3 is 16.0 Å². The van der Waals surface area contributed by atoms with Crippen LogP contribution in [0.3, 0.4) is 0 Å². The molecule has 1 amide bonds. The van der Waals surface area contributed by atoms with Crippen molar-refractivity contribution in [2.24, 2.45) is 16.6 Å². The molecule has 0 spiro atoms. The van der Waals surface area contributed by atoms with E-state index < -0.39 is 5.92 Å². The Labute approximate surface area is 227 Å². The molecular formula is C29H34BrN5O2. The second kappa shape index (κ2) is 12.4. The van der Waals surface area contributed by atoms with Gasteiger partial charge in [-0.25, -0.2) is 0 Å². The number of Topliss-reactive ketones (excluding diaryl/α,β-unsaturated/α-hetero) is 1. The molecule has 1 aromatic heterocycles. The number of rotatable bonds is 8. The number of aliphatic imine (C=N–C) groups is 1. The number of pyridine rings is 1. The van der Waals surface area contributed by atoms with Gasteiger partial charge in [0.2, 0.25) is 5.91 Å². The largest absolute Gasteiger partial charge is 0.384 e. The molecule has 0 radical (unpaired) electrons. The zero-order valence-corrected chi connectivity index (χ0v) is 23.0. The molecule has 0 bridgehead atoms. The Morgan fingerprint density at radius 3 is 2.81 bits per heavy atom. The van der Waals surface area contributed by atoms with E-state index in [1.165, 1.54) is 0 Å². The monoisotopic (exact) mass is 563 g/mol. The number of piperidine rings is 1. The Morgan fingerprint density at radius 2 is 2.08 bits per heavy atom. The zero-order valence-electron chi connectivity index (χ0n) is 21.4. The van der Waals surface area contributed by atoms with Crippen molar-refractivity contribution in [3.63, 3.8) is 0 Å². The van der Waals surface area contributed by atoms with Gasteiger partial charge in [0.25, 0.3) is 0 Å². The lowest BCUT2D eigenvalue weighted by Gasteiger charge is -2.34. The molecular weight excluding hydrogens is 530 g/mol. The molecule has 1 aliphatic carbocycles. The highest BCUT2D eigenvalue weighted by Crippen LogP contribution is 2.35. The van der Waals surface area contributed by atoms with E-state index in [2.05, 4.69) is 32.3 Å². The number of nitrogens with one attached hydrogen (secondary N) is 1. The minimum Gasteiger partial charge on any atom is -0.384 e. The molecule has 1 saturated heterocycles. The quantitative estimate of drug-likeness (QED) is 0.453. The number of ketones is 1. The average Bonchev–Trinajstić information content (AvgIpc) is 3.26. The molecule has 2 unspecified atom stereocenters. The van der Waals surface area contributed by atoms with Crippen molar-refractivity contribution >= 4 is 33.3 Å². The smallest absolute Gasteiger partial charge is 0.230 e. The lowest BCUT2D eigenvalue weighted by molar-refractivity contribution is -0.134. The Bertz CT molecular complexity index is 1230. The maximum atomic E-state index is 13.6. The Kier molecular flexibility index (Phi) is 9.05. The van der Waals surface area contributed by atoms with Crippen LogP contribution in [0.5, 0.6) is 0 Å². The van der Waals surface area contributed by atoms with Crippen LogP contribution in [-0.4, -0.2) is 46.9 Å². The first-order chi connectivity index (χ1) is 17.9. The molecule has 2 heterocycles. The first kappa shape index (κ1) is 26.9. The fourth-order valence-corrected chi connectivity index (χ4v) is 5.25. The predicted molar refractivity (Wildman–Crippen MR) is 150 cm³/mol. The molecule has 1 fully saturated rings. The number of hydrogen-bond donors (Lipinski definition) is 2. The number of nitrogens with two attached hydrogens (primary N) is 1. The number of benzene rings is 1. The van der Waals surface area contributed by atoms with Crippen LogP contribution in [0, 0.1) is 5.92 Å². The van der Waals surface area contributed by atoms with Crippen LogP contribution in [0.2, 0.25) is 0 Å². The van der Waals surface area contributed by atoms with Crippen molar-refractivity contribution < 1.29 is 9.59 Å². The number of aromatic nitrogens is 1. The van der Waals surface area contributed by atoms with Gasteiger partial charge in [0.05, 0.1) is 11.6 Å². The zero-order chi connectivity index (χ0) is 26.4. The summed E-state index contributed by atoms with van der Waals surface area (Å²) < 4.78 is 0.895. The van der Waals surface area contributed by atoms with E-state index in [0.717, 1.165) is 45.6 Å². The van der Waals surface area contributed by atoms with Crippen molar-refractivity contribution in [2.75, 3.05) is 19.6 Å². The summed E-state index contributed by atoms with van der Waals surface area (Å²) in [4.78, 5) is 37.2. The van der Waals surface area contributed by atoms with Gasteiger partial charge >= 0.3 is 0 Å². The highest BCUT2D eigenvalue weighted by Gasteiger charge is 2.38. The van der Waals surface area contributed by atoms with Crippen LogP contribution < -0.4 is 11.1 Å². The van der Waals surface area contributed by atoms with Gasteiger partial charge in [-0.2, -0.15) is 0 Å². The SMILES string of the molecule is C/C(Br)=C(CN)/N=C(\C=C(/C)NCc1cccnc1)C1CCCN(C(=O)C2CC(=O)c3ccccc32)C1. The standard InChI is InChI=1S/C29H34BrN5O2/c1-19(33-17-21-7-5-11-32-16-21)13-26(34-27(15-31)20(2)30)22-8-6-12-35(18-22)29(37)25-14-28(36)24-10-4-3-9-23(24)25/h3-5,7,9-11,13,16,22,25,33H,6,8,12,14-15,17-18,31H2,1-2H3/b19-13+,27-20-,34-26+. The number of hydrogen-bond acceptors (Lipinski definition) is 6. The Morgan fingerprint density at radius 1 is 1.27 bits per heavy atom. The van der Waals surface area contributed by atoms with Crippen molar-refractivity contribution in [1.29, 1.82) is 0 Å². The molecule has 1 aliphatic heterocycles. The van der Waals surface area contributed by atoms with Crippen molar-refractivity contribution in [1.82, 2.24) is 15.2 Å². The highest BCUT2D eigenvalue weighted by atomic mass is 79.9. The van der Waals surface area contributed by atoms with Crippen LogP contribution in [0.1, 0.15) is 60.5 Å². The number of carbonyl (C=O) groups excluding carboxylic acids is 2. The van der Waals surface area contributed by atoms with E-state index in [1.54, 1.807) is 6.20 Å². The minimum absolute atomic E-state index is 0.0315. The van der Waals surface area contributed by atoms with Crippen LogP contribution in [0.4, 0.5) is 0 Å². The molecule has 2 atom stereocenters. The van der Waals surface area contributed by atoms with Gasteiger partial charge in [-0.05, 0) is 50.0 Å². The third kappa shape index (κ3) is 6.62. The fraction of sp³-hybridized carbons (Fsp3) is 0.379. The fourth-order valence-electron chi connectivity index (χ4n) is 5.00. The Balaban J connectivity index is 1.55. The molecule has 7 nitrogen and oxygen atoms in total. The molecule has 0 saturated carbocycles. The van der Waals surface area contributed by atoms with E-state index in [4.69, 9.17) is 10.7 Å². The van der Waals surface area contributed by atoms with Crippen molar-refractivity contribution in [3.8, 4) is 0 Å². The number of nitrogens with zero attached hydrogens (tertiary/aromatic N) is 3. The van der Waals surface area contributed by atoms with Crippen molar-refractivity contribution in [3.05, 3.63) is 87.4 Å². The molecule has 37 heavy (non-hydrogen) atoms. The number of fused-ring (bicyclic) bond motifs is 1. The third-order valence-electron chi connectivity index (χ3n) is 6.99. The second-order valence-corrected chi connectivity index (χ2v) is 10.8. The Hall–Kier alpha value is -3.10. The van der Waals surface area contributed by atoms with E-state index in [0.29, 0.717) is 31.7 Å². The lowest BCUT2D eigenvalue weighted by Crippen LogP contribution is -2.44. The summed E-state index contributed by atoms with van der Waals surface area (Å²) in [6, 6.07) is 11.4. The van der Waals surface area contributed by atoms with Gasteiger partial charge in [0, 0.05) is 72.4 Å². The van der Waals surface area contributed by atoms with E-state index in [9.17, 15) is 9.59 Å². The average molecular weight is 565 g/mol. The van der Waals surface area contributed by atoms with Crippen molar-refractivity contribution in [2.45, 2.75) is 45.6 Å². The summed E-state index contributed by atoms with van der Waals surface area (Å²) in [5.74, 6) is -0.253. The van der Waals surface area contributed by atoms with Gasteiger partial charge in [-0.3, -0.25) is 19.6 Å². The lowest BCUT2D eigenvalue weighted by atomic mass is 9.90. The molecule has 194 valence electrons. The van der Waals surface area contributed by atoms with Gasteiger partial charge in [-0.1, -0.05) is 46.3 Å². The summed E-state index contributed by atoms with van der Waals surface area (Å²) in [6.07, 6.45) is 7.72. The normalized spacial score (nSPS) is 21.0. The summed E-state index contributed by atoms with van der Waals surface area (Å²) >= 11 is 3.53. The first-order valence-electron chi connectivity index (χ1n) is 12.7. The van der Waals surface area contributed by atoms with Crippen LogP contribution in [0.25, 0.3) is 0 Å². The van der Waals surface area contributed by atoms with Gasteiger partial charge in [0.15, 0.2) is 5.78 Å². The van der Waals surface area contributed by atoms with Gasteiger partial charge in [0.1, 0.15) is 0 Å². The number of carbonyl (C=O) groups is 2.